The van der Waals surface area contributed by atoms with E-state index in [1.807, 2.05) is 37.2 Å². The first kappa shape index (κ1) is 15.6. The maximum atomic E-state index is 12.6. The number of nitrogens with one attached hydrogen (secondary N) is 1. The summed E-state index contributed by atoms with van der Waals surface area (Å²) < 4.78 is 7.32. The van der Waals surface area contributed by atoms with Crippen LogP contribution in [0.5, 0.6) is 0 Å². The number of hydrogen-bond donors (Lipinski definition) is 1. The minimum absolute atomic E-state index is 0.0367. The molecule has 0 saturated carbocycles. The highest BCUT2D eigenvalue weighted by Gasteiger charge is 2.29. The van der Waals surface area contributed by atoms with Crippen molar-refractivity contribution in [1.29, 1.82) is 0 Å². The minimum Gasteiger partial charge on any atom is -0.359 e. The maximum Gasteiger partial charge on any atom is 0.318 e. The van der Waals surface area contributed by atoms with Crippen molar-refractivity contribution in [2.24, 2.45) is 7.05 Å². The molecule has 1 N–H and O–H groups in total. The van der Waals surface area contributed by atoms with Crippen LogP contribution in [0.1, 0.15) is 49.4 Å². The molecule has 0 aromatic carbocycles. The number of carbonyl (C=O) groups excluding carboxylic acids is 1. The van der Waals surface area contributed by atoms with Gasteiger partial charge in [-0.1, -0.05) is 12.1 Å². The van der Waals surface area contributed by atoms with E-state index < -0.39 is 0 Å². The van der Waals surface area contributed by atoms with E-state index in [1.165, 1.54) is 5.69 Å². The van der Waals surface area contributed by atoms with Crippen LogP contribution in [0.25, 0.3) is 0 Å². The average molecular weight is 316 g/mol. The molecule has 2 amide bonds. The first-order chi connectivity index (χ1) is 11.2. The fourth-order valence-electron chi connectivity index (χ4n) is 3.17. The highest BCUT2D eigenvalue weighted by Crippen LogP contribution is 2.30. The van der Waals surface area contributed by atoms with Gasteiger partial charge in [0.05, 0.1) is 18.3 Å². The van der Waals surface area contributed by atoms with Gasteiger partial charge < -0.3 is 19.3 Å². The summed E-state index contributed by atoms with van der Waals surface area (Å²) in [5.74, 6) is 0.697. The lowest BCUT2D eigenvalue weighted by Gasteiger charge is -2.36. The van der Waals surface area contributed by atoms with Gasteiger partial charge in [-0.3, -0.25) is 0 Å². The van der Waals surface area contributed by atoms with E-state index in [1.54, 1.807) is 0 Å². The van der Waals surface area contributed by atoms with Crippen LogP contribution in [0.3, 0.4) is 0 Å². The molecule has 3 heterocycles. The minimum atomic E-state index is -0.0367. The van der Waals surface area contributed by atoms with E-state index in [0.717, 1.165) is 37.9 Å². The molecular formula is C17H24N4O2. The number of nitrogens with zero attached hydrogens (tertiary/aromatic N) is 3. The van der Waals surface area contributed by atoms with Crippen molar-refractivity contribution < 1.29 is 9.32 Å². The number of urea groups is 1. The van der Waals surface area contributed by atoms with Gasteiger partial charge in [-0.2, -0.15) is 0 Å². The van der Waals surface area contributed by atoms with E-state index in [9.17, 15) is 4.79 Å². The summed E-state index contributed by atoms with van der Waals surface area (Å²) in [5.41, 5.74) is 2.10. The predicted octanol–water partition coefficient (Wildman–Crippen LogP) is 3.01. The van der Waals surface area contributed by atoms with Gasteiger partial charge in [0.25, 0.3) is 0 Å². The summed E-state index contributed by atoms with van der Waals surface area (Å²) in [6, 6.07) is 6.13. The van der Waals surface area contributed by atoms with Crippen molar-refractivity contribution in [3.05, 3.63) is 41.5 Å². The summed E-state index contributed by atoms with van der Waals surface area (Å²) in [6.07, 6.45) is 6.08. The third kappa shape index (κ3) is 3.41. The van der Waals surface area contributed by atoms with Crippen LogP contribution in [-0.2, 0) is 20.0 Å². The van der Waals surface area contributed by atoms with E-state index in [4.69, 9.17) is 4.52 Å². The molecular weight excluding hydrogens is 292 g/mol. The van der Waals surface area contributed by atoms with Crippen molar-refractivity contribution >= 4 is 6.03 Å². The molecule has 1 saturated heterocycles. The number of rotatable bonds is 4. The molecule has 0 unspecified atom stereocenters. The largest absolute Gasteiger partial charge is 0.359 e. The van der Waals surface area contributed by atoms with Crippen LogP contribution >= 0.6 is 0 Å². The Balaban J connectivity index is 1.65. The Bertz CT molecular complexity index is 661. The van der Waals surface area contributed by atoms with Gasteiger partial charge in [-0.25, -0.2) is 4.79 Å². The summed E-state index contributed by atoms with van der Waals surface area (Å²) in [5, 5.41) is 6.91. The molecule has 124 valence electrons. The predicted molar refractivity (Wildman–Crippen MR) is 86.8 cm³/mol. The Morgan fingerprint density at radius 3 is 3.04 bits per heavy atom. The van der Waals surface area contributed by atoms with Crippen LogP contribution < -0.4 is 5.32 Å². The topological polar surface area (TPSA) is 63.3 Å². The van der Waals surface area contributed by atoms with Crippen molar-refractivity contribution in [1.82, 2.24) is 19.9 Å². The fourth-order valence-corrected chi connectivity index (χ4v) is 3.17. The molecule has 23 heavy (non-hydrogen) atoms. The zero-order valence-electron chi connectivity index (χ0n) is 13.8. The Morgan fingerprint density at radius 1 is 1.48 bits per heavy atom. The Morgan fingerprint density at radius 2 is 2.35 bits per heavy atom. The summed E-state index contributed by atoms with van der Waals surface area (Å²) in [4.78, 5) is 14.5. The molecule has 1 aliphatic rings. The second-order valence-corrected chi connectivity index (χ2v) is 6.05. The number of amides is 2. The second-order valence-electron chi connectivity index (χ2n) is 6.05. The van der Waals surface area contributed by atoms with Crippen molar-refractivity contribution in [3.63, 3.8) is 0 Å². The highest BCUT2D eigenvalue weighted by molar-refractivity contribution is 5.74. The summed E-state index contributed by atoms with van der Waals surface area (Å²) in [7, 11) is 2.03. The Labute approximate surface area is 136 Å². The van der Waals surface area contributed by atoms with Gasteiger partial charge >= 0.3 is 6.03 Å². The molecule has 1 atom stereocenters. The highest BCUT2D eigenvalue weighted by atomic mass is 16.5. The Hall–Kier alpha value is -2.24. The van der Waals surface area contributed by atoms with Crippen molar-refractivity contribution in [2.45, 2.75) is 45.2 Å². The molecule has 0 radical (unpaired) electrons. The molecule has 2 aromatic heterocycles. The summed E-state index contributed by atoms with van der Waals surface area (Å²) in [6.45, 7) is 3.19. The third-order valence-corrected chi connectivity index (χ3v) is 4.47. The Kier molecular flexibility index (Phi) is 4.69. The lowest BCUT2D eigenvalue weighted by molar-refractivity contribution is 0.147. The molecule has 6 heteroatoms. The number of hydrogen-bond acceptors (Lipinski definition) is 3. The van der Waals surface area contributed by atoms with Crippen molar-refractivity contribution in [2.75, 3.05) is 6.54 Å². The first-order valence-corrected chi connectivity index (χ1v) is 8.29. The average Bonchev–Trinajstić information content (AvgIpc) is 3.21. The molecule has 6 nitrogen and oxygen atoms in total. The van der Waals surface area contributed by atoms with E-state index in [-0.39, 0.29) is 12.1 Å². The fraction of sp³-hybridized carbons (Fsp3) is 0.529. The van der Waals surface area contributed by atoms with Crippen LogP contribution in [0, 0.1) is 0 Å². The number of likely N-dealkylation sites (tertiary alicyclic amines) is 1. The molecule has 2 aromatic rings. The number of carbonyl (C=O) groups is 1. The lowest BCUT2D eigenvalue weighted by atomic mass is 10.00. The number of aryl methyl sites for hydroxylation is 2. The lowest BCUT2D eigenvalue weighted by Crippen LogP contribution is -2.44. The van der Waals surface area contributed by atoms with Crippen LogP contribution in [0.2, 0.25) is 0 Å². The van der Waals surface area contributed by atoms with Gasteiger partial charge in [0, 0.05) is 31.5 Å². The number of piperidine rings is 1. The van der Waals surface area contributed by atoms with Crippen molar-refractivity contribution in [3.8, 4) is 0 Å². The monoisotopic (exact) mass is 316 g/mol. The number of aromatic nitrogens is 2. The van der Waals surface area contributed by atoms with Crippen LogP contribution in [0.4, 0.5) is 4.79 Å². The van der Waals surface area contributed by atoms with E-state index >= 15 is 0 Å². The van der Waals surface area contributed by atoms with Gasteiger partial charge in [0.15, 0.2) is 5.76 Å². The van der Waals surface area contributed by atoms with Gasteiger partial charge in [-0.15, -0.1) is 0 Å². The normalized spacial score (nSPS) is 18.2. The van der Waals surface area contributed by atoms with E-state index in [2.05, 4.69) is 21.1 Å². The molecule has 3 rings (SSSR count). The summed E-state index contributed by atoms with van der Waals surface area (Å²) >= 11 is 0. The quantitative estimate of drug-likeness (QED) is 0.943. The molecule has 0 spiro atoms. The zero-order chi connectivity index (χ0) is 16.2. The van der Waals surface area contributed by atoms with Gasteiger partial charge in [-0.05, 0) is 37.8 Å². The van der Waals surface area contributed by atoms with Crippen LogP contribution in [-0.4, -0.2) is 27.2 Å². The maximum absolute atomic E-state index is 12.6. The smallest absolute Gasteiger partial charge is 0.318 e. The van der Waals surface area contributed by atoms with Gasteiger partial charge in [0.2, 0.25) is 0 Å². The molecule has 0 bridgehead atoms. The standard InChI is InChI=1S/C17H24N4O2/c1-3-13-11-14(23-19-13)12-18-17(22)21-10-5-4-7-16(21)15-8-6-9-20(15)2/h6,8-9,11,16H,3-5,7,10,12H2,1-2H3,(H,18,22)/t16-/m0/s1. The third-order valence-electron chi connectivity index (χ3n) is 4.47. The first-order valence-electron chi connectivity index (χ1n) is 8.29. The molecule has 0 aliphatic carbocycles. The molecule has 1 aliphatic heterocycles. The SMILES string of the molecule is CCc1cc(CNC(=O)N2CCCC[C@H]2c2cccn2C)on1. The zero-order valence-corrected chi connectivity index (χ0v) is 13.8. The van der Waals surface area contributed by atoms with E-state index in [0.29, 0.717) is 12.3 Å². The second kappa shape index (κ2) is 6.89. The van der Waals surface area contributed by atoms with Gasteiger partial charge in [0.1, 0.15) is 0 Å². The molecule has 1 fully saturated rings. The van der Waals surface area contributed by atoms with Crippen LogP contribution in [0.15, 0.2) is 28.9 Å².